The highest BCUT2D eigenvalue weighted by Gasteiger charge is 2.14. The van der Waals surface area contributed by atoms with Gasteiger partial charge < -0.3 is 15.0 Å². The molecule has 3 rings (SSSR count). The summed E-state index contributed by atoms with van der Waals surface area (Å²) in [5.74, 6) is 1.80. The Labute approximate surface area is 192 Å². The number of halogens is 3. The number of anilines is 1. The molecular weight excluding hydrogens is 443 g/mol. The first kappa shape index (κ1) is 23.1. The van der Waals surface area contributed by atoms with Gasteiger partial charge in [0.05, 0.1) is 23.8 Å². The van der Waals surface area contributed by atoms with E-state index < -0.39 is 0 Å². The van der Waals surface area contributed by atoms with Gasteiger partial charge in [-0.25, -0.2) is 9.97 Å². The average molecular weight is 470 g/mol. The van der Waals surface area contributed by atoms with Gasteiger partial charge in [-0.2, -0.15) is 0 Å². The Morgan fingerprint density at radius 1 is 1.03 bits per heavy atom. The van der Waals surface area contributed by atoms with Gasteiger partial charge in [-0.3, -0.25) is 0 Å². The van der Waals surface area contributed by atoms with E-state index in [1.165, 1.54) is 0 Å². The van der Waals surface area contributed by atoms with Crippen LogP contribution < -0.4 is 10.1 Å². The van der Waals surface area contributed by atoms with Crippen molar-refractivity contribution in [2.45, 2.75) is 25.8 Å². The van der Waals surface area contributed by atoms with Gasteiger partial charge in [0.1, 0.15) is 5.52 Å². The number of ether oxygens (including phenoxy) is 1. The Balaban J connectivity index is 1.83. The van der Waals surface area contributed by atoms with E-state index in [0.29, 0.717) is 22.7 Å². The van der Waals surface area contributed by atoms with Crippen LogP contribution in [0.3, 0.4) is 0 Å². The van der Waals surface area contributed by atoms with Crippen molar-refractivity contribution in [3.05, 3.63) is 35.4 Å². The van der Waals surface area contributed by atoms with Gasteiger partial charge in [-0.05, 0) is 50.6 Å². The predicted octanol–water partition coefficient (Wildman–Crippen LogP) is 5.81. The van der Waals surface area contributed by atoms with Gasteiger partial charge in [-0.1, -0.05) is 11.6 Å². The second-order valence-corrected chi connectivity index (χ2v) is 8.47. The molecule has 0 aliphatic heterocycles. The topological polar surface area (TPSA) is 50.3 Å². The number of aromatic nitrogens is 2. The second kappa shape index (κ2) is 11.2. The first-order valence-electron chi connectivity index (χ1n) is 10.1. The minimum absolute atomic E-state index is 0.247. The summed E-state index contributed by atoms with van der Waals surface area (Å²) in [6.45, 7) is 4.88. The molecule has 1 unspecified atom stereocenters. The molecule has 0 saturated heterocycles. The van der Waals surface area contributed by atoms with Crippen LogP contribution >= 0.6 is 34.8 Å². The van der Waals surface area contributed by atoms with Gasteiger partial charge in [0, 0.05) is 47.4 Å². The highest BCUT2D eigenvalue weighted by molar-refractivity contribution is 6.31. The van der Waals surface area contributed by atoms with Gasteiger partial charge >= 0.3 is 0 Å². The van der Waals surface area contributed by atoms with Crippen molar-refractivity contribution < 1.29 is 4.74 Å². The zero-order valence-corrected chi connectivity index (χ0v) is 19.6. The second-order valence-electron chi connectivity index (χ2n) is 7.28. The van der Waals surface area contributed by atoms with Crippen LogP contribution in [0.4, 0.5) is 5.69 Å². The van der Waals surface area contributed by atoms with Crippen LogP contribution in [-0.4, -0.2) is 59.4 Å². The van der Waals surface area contributed by atoms with Crippen molar-refractivity contribution in [3.63, 3.8) is 0 Å². The third-order valence-corrected chi connectivity index (χ3v) is 5.64. The van der Waals surface area contributed by atoms with Crippen LogP contribution in [0.1, 0.15) is 19.8 Å². The molecule has 0 fully saturated rings. The van der Waals surface area contributed by atoms with Crippen LogP contribution in [0.15, 0.2) is 30.3 Å². The van der Waals surface area contributed by atoms with E-state index in [4.69, 9.17) is 44.5 Å². The zero-order valence-electron chi connectivity index (χ0n) is 17.3. The third-order valence-electron chi connectivity index (χ3n) is 5.07. The van der Waals surface area contributed by atoms with E-state index in [-0.39, 0.29) is 6.04 Å². The molecular formula is C22H27Cl3N4O. The maximum atomic E-state index is 6.21. The molecule has 1 atom stereocenters. The predicted molar refractivity (Wildman–Crippen MR) is 129 cm³/mol. The fourth-order valence-electron chi connectivity index (χ4n) is 3.55. The summed E-state index contributed by atoms with van der Waals surface area (Å²) in [4.78, 5) is 11.7. The molecule has 0 saturated carbocycles. The number of benzene rings is 1. The van der Waals surface area contributed by atoms with Crippen LogP contribution in [0, 0.1) is 0 Å². The molecule has 0 bridgehead atoms. The van der Waals surface area contributed by atoms with Crippen LogP contribution in [0.2, 0.25) is 5.02 Å². The van der Waals surface area contributed by atoms with E-state index in [9.17, 15) is 0 Å². The molecule has 2 heterocycles. The number of methoxy groups -OCH3 is 1. The van der Waals surface area contributed by atoms with Crippen molar-refractivity contribution in [1.29, 1.82) is 0 Å². The van der Waals surface area contributed by atoms with Crippen molar-refractivity contribution in [1.82, 2.24) is 14.9 Å². The van der Waals surface area contributed by atoms with Crippen molar-refractivity contribution >= 4 is 62.4 Å². The van der Waals surface area contributed by atoms with E-state index in [0.717, 1.165) is 60.1 Å². The summed E-state index contributed by atoms with van der Waals surface area (Å²) in [6, 6.07) is 9.74. The Kier molecular flexibility index (Phi) is 8.63. The van der Waals surface area contributed by atoms with Crippen molar-refractivity contribution in [3.8, 4) is 5.88 Å². The summed E-state index contributed by atoms with van der Waals surface area (Å²) < 4.78 is 5.34. The summed E-state index contributed by atoms with van der Waals surface area (Å²) in [5.41, 5.74) is 3.39. The van der Waals surface area contributed by atoms with Gasteiger partial charge in [-0.15, -0.1) is 23.2 Å². The SMILES string of the molecule is COc1ccc2nc3cc(Cl)ccc3c(NC(C)CCCN(CCCl)CCCl)c2n1. The van der Waals surface area contributed by atoms with Crippen LogP contribution in [0.25, 0.3) is 21.9 Å². The minimum Gasteiger partial charge on any atom is -0.481 e. The number of alkyl halides is 2. The maximum absolute atomic E-state index is 6.21. The number of rotatable bonds is 11. The lowest BCUT2D eigenvalue weighted by Crippen LogP contribution is -2.30. The fourth-order valence-corrected chi connectivity index (χ4v) is 4.19. The molecule has 3 aromatic rings. The highest BCUT2D eigenvalue weighted by atomic mass is 35.5. The number of fused-ring (bicyclic) bond motifs is 2. The summed E-state index contributed by atoms with van der Waals surface area (Å²) >= 11 is 18.0. The summed E-state index contributed by atoms with van der Waals surface area (Å²) in [7, 11) is 1.62. The molecule has 0 aliphatic rings. The van der Waals surface area contributed by atoms with E-state index in [1.54, 1.807) is 7.11 Å². The Hall–Kier alpha value is -1.53. The molecule has 162 valence electrons. The number of hydrogen-bond acceptors (Lipinski definition) is 5. The molecule has 0 spiro atoms. The molecule has 0 radical (unpaired) electrons. The van der Waals surface area contributed by atoms with Gasteiger partial charge in [0.25, 0.3) is 0 Å². The lowest BCUT2D eigenvalue weighted by Gasteiger charge is -2.22. The number of hydrogen-bond donors (Lipinski definition) is 1. The third kappa shape index (κ3) is 5.79. The molecule has 2 aromatic heterocycles. The van der Waals surface area contributed by atoms with Crippen LogP contribution in [0.5, 0.6) is 5.88 Å². The Morgan fingerprint density at radius 3 is 2.50 bits per heavy atom. The zero-order chi connectivity index (χ0) is 21.5. The molecule has 1 N–H and O–H groups in total. The average Bonchev–Trinajstić information content (AvgIpc) is 2.73. The molecule has 0 aliphatic carbocycles. The van der Waals surface area contributed by atoms with Gasteiger partial charge in [0.2, 0.25) is 5.88 Å². The maximum Gasteiger partial charge on any atom is 0.213 e. The quantitative estimate of drug-likeness (QED) is 0.284. The molecule has 1 aromatic carbocycles. The normalized spacial score (nSPS) is 12.6. The Morgan fingerprint density at radius 2 is 1.80 bits per heavy atom. The molecule has 8 heteroatoms. The monoisotopic (exact) mass is 468 g/mol. The summed E-state index contributed by atoms with van der Waals surface area (Å²) in [5, 5.41) is 5.32. The minimum atomic E-state index is 0.247. The number of nitrogens with zero attached hydrogens (tertiary/aromatic N) is 3. The number of nitrogens with one attached hydrogen (secondary N) is 1. The van der Waals surface area contributed by atoms with Crippen molar-refractivity contribution in [2.24, 2.45) is 0 Å². The standard InChI is InChI=1S/C22H27Cl3N4O/c1-15(4-3-11-29(12-9-23)13-10-24)26-21-17-6-5-16(25)14-19(17)27-18-7-8-20(30-2)28-22(18)21/h5-8,14-15H,3-4,9-13H2,1-2H3,(H,26,27). The fraction of sp³-hybridized carbons (Fsp3) is 0.455. The lowest BCUT2D eigenvalue weighted by atomic mass is 10.1. The Bertz CT molecular complexity index is 979. The van der Waals surface area contributed by atoms with E-state index in [2.05, 4.69) is 22.1 Å². The molecule has 0 amide bonds. The first-order valence-corrected chi connectivity index (χ1v) is 11.5. The molecule has 30 heavy (non-hydrogen) atoms. The van der Waals surface area contributed by atoms with Gasteiger partial charge in [0.15, 0.2) is 0 Å². The van der Waals surface area contributed by atoms with Crippen LogP contribution in [-0.2, 0) is 0 Å². The van der Waals surface area contributed by atoms with Crippen molar-refractivity contribution in [2.75, 3.05) is 43.8 Å². The smallest absolute Gasteiger partial charge is 0.213 e. The lowest BCUT2D eigenvalue weighted by molar-refractivity contribution is 0.298. The van der Waals surface area contributed by atoms with E-state index in [1.807, 2.05) is 30.3 Å². The van der Waals surface area contributed by atoms with E-state index >= 15 is 0 Å². The summed E-state index contributed by atoms with van der Waals surface area (Å²) in [6.07, 6.45) is 2.05. The number of pyridine rings is 2. The highest BCUT2D eigenvalue weighted by Crippen LogP contribution is 2.33. The largest absolute Gasteiger partial charge is 0.481 e. The first-order chi connectivity index (χ1) is 14.5. The molecule has 5 nitrogen and oxygen atoms in total.